The van der Waals surface area contributed by atoms with Crippen LogP contribution in [0.25, 0.3) is 22.0 Å². The first-order valence-electron chi connectivity index (χ1n) is 19.2. The van der Waals surface area contributed by atoms with E-state index in [2.05, 4.69) is 61.5 Å². The molecule has 1 heterocycles. The highest BCUT2D eigenvalue weighted by Crippen LogP contribution is 2.46. The summed E-state index contributed by atoms with van der Waals surface area (Å²) in [5.41, 5.74) is 7.24. The van der Waals surface area contributed by atoms with Crippen molar-refractivity contribution in [2.75, 3.05) is 25.0 Å². The topological polar surface area (TPSA) is 66.7 Å². The fraction of sp³-hybridized carbons (Fsp3) is 0.400. The van der Waals surface area contributed by atoms with Gasteiger partial charge in [-0.3, -0.25) is 4.79 Å². The number of nitrogens with one attached hydrogen (secondary N) is 1. The first-order valence-corrected chi connectivity index (χ1v) is 19.2. The van der Waals surface area contributed by atoms with Crippen LogP contribution in [0, 0.1) is 25.6 Å². The summed E-state index contributed by atoms with van der Waals surface area (Å²) in [6.07, 6.45) is 7.96. The lowest BCUT2D eigenvalue weighted by Crippen LogP contribution is -2.28. The number of aromatic nitrogens is 1. The molecule has 1 saturated carbocycles. The molecule has 2 N–H and O–H groups in total. The van der Waals surface area contributed by atoms with E-state index in [1.807, 2.05) is 12.1 Å². The number of nitrogens with zero attached hydrogens (tertiary/aromatic N) is 2. The molecule has 6 nitrogen and oxygen atoms in total. The molecular weight excluding hydrogens is 650 g/mol. The normalized spacial score (nSPS) is 13.8. The maximum atomic E-state index is 13.6. The molecule has 0 saturated heterocycles. The van der Waals surface area contributed by atoms with Gasteiger partial charge in [0.05, 0.1) is 0 Å². The molecule has 0 bridgehead atoms. The van der Waals surface area contributed by atoms with Gasteiger partial charge in [0.25, 0.3) is 5.91 Å². The van der Waals surface area contributed by atoms with Crippen LogP contribution in [0.3, 0.4) is 0 Å². The zero-order valence-corrected chi connectivity index (χ0v) is 31.5. The van der Waals surface area contributed by atoms with Crippen molar-refractivity contribution >= 4 is 22.5 Å². The van der Waals surface area contributed by atoms with E-state index in [9.17, 15) is 14.3 Å². The number of halogens is 1. The highest BCUT2D eigenvalue weighted by atomic mass is 19.1. The Morgan fingerprint density at radius 1 is 0.962 bits per heavy atom. The molecule has 1 aromatic heterocycles. The van der Waals surface area contributed by atoms with Gasteiger partial charge in [-0.25, -0.2) is 4.39 Å². The summed E-state index contributed by atoms with van der Waals surface area (Å²) in [5, 5.41) is 15.2. The second-order valence-electron chi connectivity index (χ2n) is 14.7. The number of anilines is 1. The molecule has 1 amide bonds. The number of carbonyl (C=O) groups is 1. The van der Waals surface area contributed by atoms with Gasteiger partial charge in [0, 0.05) is 46.0 Å². The highest BCUT2D eigenvalue weighted by Gasteiger charge is 2.26. The third-order valence-corrected chi connectivity index (χ3v) is 11.1. The van der Waals surface area contributed by atoms with Crippen LogP contribution in [-0.2, 0) is 6.54 Å². The Morgan fingerprint density at radius 3 is 2.37 bits per heavy atom. The molecule has 1 aliphatic carbocycles. The van der Waals surface area contributed by atoms with Gasteiger partial charge in [-0.1, -0.05) is 45.7 Å². The number of hydrogen-bond acceptors (Lipinski definition) is 4. The van der Waals surface area contributed by atoms with Crippen molar-refractivity contribution in [1.29, 1.82) is 0 Å². The predicted molar refractivity (Wildman–Crippen MR) is 211 cm³/mol. The largest absolute Gasteiger partial charge is 0.507 e. The Balaban J connectivity index is 1.10. The van der Waals surface area contributed by atoms with Crippen molar-refractivity contribution in [2.24, 2.45) is 5.92 Å². The van der Waals surface area contributed by atoms with Crippen LogP contribution in [0.2, 0.25) is 0 Å². The standard InChI is InChI=1S/C45H54FN3O3/c1-6-23-48(26-22-30(3)7-2)24-9-25-49-32(5)31(4)40-29-39(20-21-42(40)49)52-38-18-14-35(15-19-38)45(51)47-37-27-41(33-10-8-11-33)44(43(50)28-37)34-12-16-36(46)17-13-34/h12-21,27-30,33,50H,6-11,22-26H2,1-5H3,(H,47,51). The minimum absolute atomic E-state index is 0.0684. The van der Waals surface area contributed by atoms with Crippen LogP contribution in [0.5, 0.6) is 17.2 Å². The predicted octanol–water partition coefficient (Wildman–Crippen LogP) is 11.6. The lowest BCUT2D eigenvalue weighted by atomic mass is 9.76. The van der Waals surface area contributed by atoms with Crippen molar-refractivity contribution in [3.63, 3.8) is 0 Å². The first kappa shape index (κ1) is 37.1. The number of aromatic hydroxyl groups is 1. The number of amides is 1. The van der Waals surface area contributed by atoms with Gasteiger partial charge >= 0.3 is 0 Å². The summed E-state index contributed by atoms with van der Waals surface area (Å²) < 4.78 is 22.3. The Bertz CT molecular complexity index is 1980. The summed E-state index contributed by atoms with van der Waals surface area (Å²) in [6.45, 7) is 15.7. The Hall–Kier alpha value is -4.62. The van der Waals surface area contributed by atoms with Crippen molar-refractivity contribution in [3.05, 3.63) is 107 Å². The average molecular weight is 704 g/mol. The smallest absolute Gasteiger partial charge is 0.255 e. The molecule has 4 aromatic carbocycles. The molecule has 0 spiro atoms. The molecule has 274 valence electrons. The van der Waals surface area contributed by atoms with Crippen molar-refractivity contribution in [1.82, 2.24) is 9.47 Å². The minimum Gasteiger partial charge on any atom is -0.507 e. The lowest BCUT2D eigenvalue weighted by molar-refractivity contribution is 0.102. The molecule has 5 aromatic rings. The van der Waals surface area contributed by atoms with Gasteiger partial charge in [-0.15, -0.1) is 0 Å². The van der Waals surface area contributed by atoms with E-state index in [4.69, 9.17) is 4.74 Å². The molecule has 0 radical (unpaired) electrons. The van der Waals surface area contributed by atoms with E-state index in [1.165, 1.54) is 60.1 Å². The second-order valence-corrected chi connectivity index (χ2v) is 14.7. The molecule has 7 heteroatoms. The molecule has 0 aliphatic heterocycles. The number of ether oxygens (including phenoxy) is 1. The van der Waals surface area contributed by atoms with Gasteiger partial charge in [0.15, 0.2) is 0 Å². The average Bonchev–Trinajstić information content (AvgIpc) is 3.34. The van der Waals surface area contributed by atoms with Crippen LogP contribution in [0.15, 0.2) is 78.9 Å². The Kier molecular flexibility index (Phi) is 12.0. The third-order valence-electron chi connectivity index (χ3n) is 11.1. The van der Waals surface area contributed by atoms with Gasteiger partial charge in [0.1, 0.15) is 23.1 Å². The summed E-state index contributed by atoms with van der Waals surface area (Å²) in [5.74, 6) is 1.93. The monoisotopic (exact) mass is 703 g/mol. The van der Waals surface area contributed by atoms with Crippen LogP contribution in [0.4, 0.5) is 10.1 Å². The number of benzene rings is 4. The van der Waals surface area contributed by atoms with Crippen molar-refractivity contribution in [2.45, 2.75) is 92.0 Å². The SMILES string of the molecule is CCCN(CCCn1c(C)c(C)c2cc(Oc3ccc(C(=O)Nc4cc(O)c(-c5ccc(F)cc5)c(C5CCC5)c4)cc3)ccc21)CCC(C)CC. The maximum absolute atomic E-state index is 13.6. The Morgan fingerprint density at radius 2 is 1.69 bits per heavy atom. The van der Waals surface area contributed by atoms with Gasteiger partial charge in [-0.2, -0.15) is 0 Å². The molecule has 1 fully saturated rings. The van der Waals surface area contributed by atoms with E-state index < -0.39 is 0 Å². The second kappa shape index (κ2) is 16.8. The number of rotatable bonds is 16. The number of phenols is 1. The van der Waals surface area contributed by atoms with Crippen molar-refractivity contribution < 1.29 is 19.0 Å². The fourth-order valence-corrected chi connectivity index (χ4v) is 7.40. The molecular formula is C45H54FN3O3. The van der Waals surface area contributed by atoms with Gasteiger partial charge < -0.3 is 24.6 Å². The lowest BCUT2D eigenvalue weighted by Gasteiger charge is -2.29. The molecule has 1 aliphatic rings. The van der Waals surface area contributed by atoms with Gasteiger partial charge in [0.2, 0.25) is 0 Å². The first-order chi connectivity index (χ1) is 25.1. The van der Waals surface area contributed by atoms with Gasteiger partial charge in [-0.05, 0) is 155 Å². The number of aryl methyl sites for hydroxylation is 2. The fourth-order valence-electron chi connectivity index (χ4n) is 7.40. The number of hydrogen-bond donors (Lipinski definition) is 2. The summed E-state index contributed by atoms with van der Waals surface area (Å²) >= 11 is 0. The van der Waals surface area contributed by atoms with Crippen LogP contribution >= 0.6 is 0 Å². The Labute approximate surface area is 308 Å². The summed E-state index contributed by atoms with van der Waals surface area (Å²) in [6, 6.07) is 23.1. The maximum Gasteiger partial charge on any atom is 0.255 e. The minimum atomic E-state index is -0.321. The third kappa shape index (κ3) is 8.53. The van der Waals surface area contributed by atoms with E-state index in [-0.39, 0.29) is 23.4 Å². The highest BCUT2D eigenvalue weighted by molar-refractivity contribution is 6.04. The van der Waals surface area contributed by atoms with E-state index >= 15 is 0 Å². The number of carbonyl (C=O) groups excluding carboxylic acids is 1. The van der Waals surface area contributed by atoms with Crippen LogP contribution < -0.4 is 10.1 Å². The van der Waals surface area contributed by atoms with Crippen LogP contribution in [0.1, 0.15) is 98.8 Å². The zero-order chi connectivity index (χ0) is 36.8. The number of phenolic OH excluding ortho intramolecular Hbond substituents is 1. The summed E-state index contributed by atoms with van der Waals surface area (Å²) in [7, 11) is 0. The van der Waals surface area contributed by atoms with Crippen molar-refractivity contribution in [3.8, 4) is 28.4 Å². The van der Waals surface area contributed by atoms with E-state index in [0.717, 1.165) is 68.1 Å². The number of fused-ring (bicyclic) bond motifs is 1. The van der Waals surface area contributed by atoms with Crippen LogP contribution in [-0.4, -0.2) is 40.1 Å². The quantitative estimate of drug-likeness (QED) is 0.107. The molecule has 6 rings (SSSR count). The molecule has 1 unspecified atom stereocenters. The summed E-state index contributed by atoms with van der Waals surface area (Å²) in [4.78, 5) is 15.9. The molecule has 1 atom stereocenters. The van der Waals surface area contributed by atoms with E-state index in [0.29, 0.717) is 22.6 Å². The zero-order valence-electron chi connectivity index (χ0n) is 31.5. The van der Waals surface area contributed by atoms with E-state index in [1.54, 1.807) is 42.5 Å². The molecule has 52 heavy (non-hydrogen) atoms.